The number of unbranched alkanes of at least 4 members (excludes halogenated alkanes) is 2. The van der Waals surface area contributed by atoms with Crippen molar-refractivity contribution in [2.24, 2.45) is 10.7 Å². The van der Waals surface area contributed by atoms with Crippen LogP contribution in [0, 0.1) is 0 Å². The zero-order valence-electron chi connectivity index (χ0n) is 27.4. The van der Waals surface area contributed by atoms with Gasteiger partial charge in [-0.15, -0.1) is 0 Å². The number of nitrogens with zero attached hydrogens (tertiary/aromatic N) is 3. The highest BCUT2D eigenvalue weighted by Crippen LogP contribution is 2.31. The smallest absolute Gasteiger partial charge is 0.347 e. The van der Waals surface area contributed by atoms with E-state index in [-0.39, 0.29) is 35.1 Å². The molecule has 0 aliphatic rings. The van der Waals surface area contributed by atoms with Crippen molar-refractivity contribution in [1.29, 1.82) is 0 Å². The molecule has 246 valence electrons. The van der Waals surface area contributed by atoms with E-state index in [1.807, 2.05) is 27.7 Å². The summed E-state index contributed by atoms with van der Waals surface area (Å²) < 4.78 is 17.6. The molecule has 2 aromatic carbocycles. The number of amides is 2. The SMILES string of the molecule is CC(C)N(C(=O)c1ccc(OCCCCCOc2ccc(/C(N)=N\C(=O)c3cccnc3)cc2)cc1OC(C)(C)C(=O)O)C(C)C. The molecular weight excluding hydrogens is 588 g/mol. The second-order valence-corrected chi connectivity index (χ2v) is 11.8. The molecular formula is C35H44N4O7. The monoisotopic (exact) mass is 632 g/mol. The predicted molar refractivity (Wildman–Crippen MR) is 176 cm³/mol. The van der Waals surface area contributed by atoms with Gasteiger partial charge in [-0.05, 0) is 109 Å². The van der Waals surface area contributed by atoms with Gasteiger partial charge in [0.15, 0.2) is 5.60 Å². The van der Waals surface area contributed by atoms with Gasteiger partial charge >= 0.3 is 5.97 Å². The highest BCUT2D eigenvalue weighted by Gasteiger charge is 2.33. The number of carbonyl (C=O) groups excluding carboxylic acids is 2. The van der Waals surface area contributed by atoms with Crippen molar-refractivity contribution in [1.82, 2.24) is 9.88 Å². The molecule has 0 spiro atoms. The summed E-state index contributed by atoms with van der Waals surface area (Å²) in [7, 11) is 0. The number of nitrogens with two attached hydrogens (primary N) is 1. The van der Waals surface area contributed by atoms with Gasteiger partial charge in [0.25, 0.3) is 11.8 Å². The number of ether oxygens (including phenoxy) is 3. The van der Waals surface area contributed by atoms with Crippen molar-refractivity contribution in [2.45, 2.75) is 78.5 Å². The topological polar surface area (TPSA) is 154 Å². The third-order valence-electron chi connectivity index (χ3n) is 7.02. The fourth-order valence-electron chi connectivity index (χ4n) is 4.59. The first-order valence-electron chi connectivity index (χ1n) is 15.3. The molecule has 0 radical (unpaired) electrons. The number of hydrogen-bond donors (Lipinski definition) is 2. The number of aromatic nitrogens is 1. The summed E-state index contributed by atoms with van der Waals surface area (Å²) in [6.07, 6.45) is 5.41. The Morgan fingerprint density at radius 1 is 0.891 bits per heavy atom. The second kappa shape index (κ2) is 16.4. The van der Waals surface area contributed by atoms with Crippen LogP contribution in [0.5, 0.6) is 17.2 Å². The molecule has 0 fully saturated rings. The molecule has 0 saturated heterocycles. The minimum atomic E-state index is -1.55. The van der Waals surface area contributed by atoms with Crippen LogP contribution in [-0.2, 0) is 4.79 Å². The lowest BCUT2D eigenvalue weighted by Gasteiger charge is -2.32. The zero-order valence-corrected chi connectivity index (χ0v) is 27.4. The van der Waals surface area contributed by atoms with E-state index in [1.165, 1.54) is 20.0 Å². The van der Waals surface area contributed by atoms with E-state index < -0.39 is 17.5 Å². The average Bonchev–Trinajstić information content (AvgIpc) is 3.00. The van der Waals surface area contributed by atoms with Gasteiger partial charge in [-0.2, -0.15) is 4.99 Å². The maximum Gasteiger partial charge on any atom is 0.347 e. The largest absolute Gasteiger partial charge is 0.494 e. The Bertz CT molecular complexity index is 1500. The lowest BCUT2D eigenvalue weighted by molar-refractivity contribution is -0.152. The van der Waals surface area contributed by atoms with Gasteiger partial charge in [-0.25, -0.2) is 4.79 Å². The summed E-state index contributed by atoms with van der Waals surface area (Å²) >= 11 is 0. The number of aliphatic imine (C=N–C) groups is 1. The van der Waals surface area contributed by atoms with Crippen LogP contribution >= 0.6 is 0 Å². The zero-order chi connectivity index (χ0) is 33.9. The van der Waals surface area contributed by atoms with Crippen LogP contribution < -0.4 is 19.9 Å². The van der Waals surface area contributed by atoms with Crippen molar-refractivity contribution in [3.63, 3.8) is 0 Å². The maximum atomic E-state index is 13.4. The second-order valence-electron chi connectivity index (χ2n) is 11.8. The number of carboxylic acid groups (broad SMARTS) is 1. The number of hydrogen-bond acceptors (Lipinski definition) is 7. The van der Waals surface area contributed by atoms with Gasteiger partial charge in [0.05, 0.1) is 24.3 Å². The average molecular weight is 633 g/mol. The number of amidine groups is 1. The first-order valence-corrected chi connectivity index (χ1v) is 15.3. The number of rotatable bonds is 16. The minimum absolute atomic E-state index is 0.0550. The molecule has 3 N–H and O–H groups in total. The van der Waals surface area contributed by atoms with Crippen molar-refractivity contribution in [3.8, 4) is 17.2 Å². The summed E-state index contributed by atoms with van der Waals surface area (Å²) in [5.74, 6) is -0.424. The van der Waals surface area contributed by atoms with Crippen molar-refractivity contribution in [3.05, 3.63) is 83.7 Å². The molecule has 46 heavy (non-hydrogen) atoms. The van der Waals surface area contributed by atoms with E-state index in [9.17, 15) is 19.5 Å². The van der Waals surface area contributed by atoms with Gasteiger partial charge < -0.3 is 30.0 Å². The lowest BCUT2D eigenvalue weighted by atomic mass is 10.1. The lowest BCUT2D eigenvalue weighted by Crippen LogP contribution is -2.43. The van der Waals surface area contributed by atoms with Crippen LogP contribution in [-0.4, -0.2) is 69.5 Å². The quantitative estimate of drug-likeness (QED) is 0.114. The number of benzene rings is 2. The Kier molecular flexibility index (Phi) is 12.7. The molecule has 0 bridgehead atoms. The van der Waals surface area contributed by atoms with Crippen LogP contribution in [0.3, 0.4) is 0 Å². The molecule has 0 aliphatic heterocycles. The van der Waals surface area contributed by atoms with Gasteiger partial charge in [0.1, 0.15) is 23.1 Å². The van der Waals surface area contributed by atoms with Crippen LogP contribution in [0.25, 0.3) is 0 Å². The number of aliphatic carboxylic acids is 1. The van der Waals surface area contributed by atoms with Crippen molar-refractivity contribution < 1.29 is 33.7 Å². The molecule has 11 nitrogen and oxygen atoms in total. The number of pyridine rings is 1. The Balaban J connectivity index is 1.50. The maximum absolute atomic E-state index is 13.4. The highest BCUT2D eigenvalue weighted by atomic mass is 16.5. The van der Waals surface area contributed by atoms with Gasteiger partial charge in [-0.1, -0.05) is 0 Å². The number of carboxylic acids is 1. The van der Waals surface area contributed by atoms with Crippen LogP contribution in [0.4, 0.5) is 0 Å². The molecule has 2 amide bonds. The Morgan fingerprint density at radius 3 is 2.07 bits per heavy atom. The van der Waals surface area contributed by atoms with E-state index >= 15 is 0 Å². The Morgan fingerprint density at radius 2 is 1.50 bits per heavy atom. The van der Waals surface area contributed by atoms with Gasteiger partial charge in [0.2, 0.25) is 0 Å². The summed E-state index contributed by atoms with van der Waals surface area (Å²) in [6, 6.07) is 15.1. The predicted octanol–water partition coefficient (Wildman–Crippen LogP) is 5.76. The first kappa shape index (κ1) is 35.5. The van der Waals surface area contributed by atoms with E-state index in [1.54, 1.807) is 65.7 Å². The van der Waals surface area contributed by atoms with Crippen LogP contribution in [0.15, 0.2) is 72.0 Å². The summed E-state index contributed by atoms with van der Waals surface area (Å²) in [5.41, 5.74) is 5.70. The summed E-state index contributed by atoms with van der Waals surface area (Å²) in [6.45, 7) is 11.5. The Hall–Kier alpha value is -4.93. The van der Waals surface area contributed by atoms with E-state index in [4.69, 9.17) is 19.9 Å². The fourth-order valence-corrected chi connectivity index (χ4v) is 4.59. The van der Waals surface area contributed by atoms with Crippen molar-refractivity contribution in [2.75, 3.05) is 13.2 Å². The van der Waals surface area contributed by atoms with E-state index in [2.05, 4.69) is 9.98 Å². The highest BCUT2D eigenvalue weighted by molar-refractivity contribution is 6.08. The van der Waals surface area contributed by atoms with Crippen LogP contribution in [0.1, 0.15) is 87.1 Å². The van der Waals surface area contributed by atoms with Crippen LogP contribution in [0.2, 0.25) is 0 Å². The molecule has 0 saturated carbocycles. The molecule has 1 aromatic heterocycles. The molecule has 0 aliphatic carbocycles. The molecule has 3 rings (SSSR count). The third kappa shape index (κ3) is 10.0. The van der Waals surface area contributed by atoms with E-state index in [0.29, 0.717) is 35.8 Å². The number of carbonyl (C=O) groups is 3. The summed E-state index contributed by atoms with van der Waals surface area (Å²) in [4.78, 5) is 47.0. The normalized spacial score (nSPS) is 11.8. The van der Waals surface area contributed by atoms with Gasteiger partial charge in [-0.3, -0.25) is 14.6 Å². The van der Waals surface area contributed by atoms with E-state index in [0.717, 1.165) is 19.3 Å². The van der Waals surface area contributed by atoms with Crippen molar-refractivity contribution >= 4 is 23.6 Å². The molecule has 0 atom stereocenters. The van der Waals surface area contributed by atoms with Gasteiger partial charge in [0, 0.05) is 36.1 Å². The molecule has 3 aromatic rings. The Labute approximate surface area is 270 Å². The molecule has 11 heteroatoms. The standard InChI is InChI=1S/C35H44N4O7/c1-23(2)39(24(3)4)33(41)29-17-16-28(21-30(29)46-35(5,6)34(42)43)45-20-9-7-8-19-44-27-14-12-25(13-15-27)31(36)38-32(40)26-11-10-18-37-22-26/h10-18,21-24H,7-9,19-20H2,1-6H3,(H,42,43)(H2,36,38,40). The molecule has 0 unspecified atom stereocenters. The molecule has 1 heterocycles. The first-order chi connectivity index (χ1) is 21.8. The fraction of sp³-hybridized carbons (Fsp3) is 0.400. The third-order valence-corrected chi connectivity index (χ3v) is 7.02. The minimum Gasteiger partial charge on any atom is -0.494 e. The summed E-state index contributed by atoms with van der Waals surface area (Å²) in [5, 5.41) is 9.62.